The Kier molecular flexibility index (Phi) is 3.50. The van der Waals surface area contributed by atoms with E-state index in [2.05, 4.69) is 4.99 Å². The van der Waals surface area contributed by atoms with E-state index in [-0.39, 0.29) is 18.4 Å². The molecule has 0 saturated heterocycles. The van der Waals surface area contributed by atoms with Gasteiger partial charge in [-0.2, -0.15) is 4.99 Å². The van der Waals surface area contributed by atoms with Crippen molar-refractivity contribution in [1.29, 1.82) is 0 Å². The lowest BCUT2D eigenvalue weighted by molar-refractivity contribution is -0.128. The van der Waals surface area contributed by atoms with E-state index in [1.54, 1.807) is 0 Å². The van der Waals surface area contributed by atoms with E-state index in [1.807, 2.05) is 13.8 Å². The summed E-state index contributed by atoms with van der Waals surface area (Å²) in [6.07, 6.45) is 0. The molecule has 78 valence electrons. The lowest BCUT2D eigenvalue weighted by Crippen LogP contribution is -2.40. The van der Waals surface area contributed by atoms with Crippen molar-refractivity contribution in [1.82, 2.24) is 4.90 Å². The van der Waals surface area contributed by atoms with Crippen molar-refractivity contribution in [2.75, 3.05) is 6.54 Å². The van der Waals surface area contributed by atoms with E-state index in [0.717, 1.165) is 0 Å². The monoisotopic (exact) mass is 236 g/mol. The molecule has 1 heterocycles. The standard InChI is InChI=1S/C8H10Cl2N2O2/c1-4(2)7-11-5(13)3-12(7)8(14)6(9)10/h4,6H,3H2,1-2H3. The van der Waals surface area contributed by atoms with Crippen molar-refractivity contribution in [3.63, 3.8) is 0 Å². The Morgan fingerprint density at radius 1 is 1.50 bits per heavy atom. The van der Waals surface area contributed by atoms with Gasteiger partial charge in [-0.15, -0.1) is 0 Å². The molecule has 4 nitrogen and oxygen atoms in total. The number of amides is 2. The highest BCUT2D eigenvalue weighted by Gasteiger charge is 2.32. The van der Waals surface area contributed by atoms with Crippen LogP contribution in [0.25, 0.3) is 0 Å². The minimum Gasteiger partial charge on any atom is -0.288 e. The molecule has 0 aromatic rings. The SMILES string of the molecule is CC(C)C1=NC(=O)CN1C(=O)C(Cl)Cl. The fourth-order valence-electron chi connectivity index (χ4n) is 1.19. The summed E-state index contributed by atoms with van der Waals surface area (Å²) >= 11 is 10.9. The van der Waals surface area contributed by atoms with Gasteiger partial charge in [-0.1, -0.05) is 37.0 Å². The van der Waals surface area contributed by atoms with Crippen molar-refractivity contribution >= 4 is 40.9 Å². The molecule has 0 bridgehead atoms. The molecule has 0 N–H and O–H groups in total. The van der Waals surface area contributed by atoms with Crippen molar-refractivity contribution in [3.8, 4) is 0 Å². The second kappa shape index (κ2) is 4.28. The Balaban J connectivity index is 2.86. The van der Waals surface area contributed by atoms with Crippen LogP contribution in [0.5, 0.6) is 0 Å². The number of nitrogens with zero attached hydrogens (tertiary/aromatic N) is 2. The van der Waals surface area contributed by atoms with Gasteiger partial charge < -0.3 is 0 Å². The zero-order valence-electron chi connectivity index (χ0n) is 7.83. The quantitative estimate of drug-likeness (QED) is 0.678. The second-order valence-electron chi connectivity index (χ2n) is 3.24. The molecule has 0 spiro atoms. The number of rotatable bonds is 2. The summed E-state index contributed by atoms with van der Waals surface area (Å²) in [4.78, 5) is 26.3. The maximum atomic E-state index is 11.4. The third-order valence-electron chi connectivity index (χ3n) is 1.78. The van der Waals surface area contributed by atoms with Gasteiger partial charge in [0.2, 0.25) is 0 Å². The van der Waals surface area contributed by atoms with Crippen LogP contribution < -0.4 is 0 Å². The molecule has 1 aliphatic heterocycles. The van der Waals surface area contributed by atoms with Gasteiger partial charge in [0.15, 0.2) is 4.84 Å². The molecule has 1 aliphatic rings. The molecule has 14 heavy (non-hydrogen) atoms. The average Bonchev–Trinajstić information content (AvgIpc) is 2.45. The van der Waals surface area contributed by atoms with Gasteiger partial charge in [0.05, 0.1) is 0 Å². The Hall–Kier alpha value is -0.610. The number of amidine groups is 1. The van der Waals surface area contributed by atoms with Crippen molar-refractivity contribution < 1.29 is 9.59 Å². The lowest BCUT2D eigenvalue weighted by Gasteiger charge is -2.19. The van der Waals surface area contributed by atoms with Crippen LogP contribution in [0.1, 0.15) is 13.8 Å². The highest BCUT2D eigenvalue weighted by atomic mass is 35.5. The summed E-state index contributed by atoms with van der Waals surface area (Å²) in [5.41, 5.74) is 0. The Bertz CT molecular complexity index is 300. The van der Waals surface area contributed by atoms with Crippen LogP contribution in [-0.2, 0) is 9.59 Å². The van der Waals surface area contributed by atoms with E-state index in [0.29, 0.717) is 5.84 Å². The summed E-state index contributed by atoms with van der Waals surface area (Å²) in [5.74, 6) is -0.397. The van der Waals surface area contributed by atoms with Crippen LogP contribution in [-0.4, -0.2) is 33.9 Å². The van der Waals surface area contributed by atoms with Crippen LogP contribution in [0.3, 0.4) is 0 Å². The minimum absolute atomic E-state index is 0.00233. The minimum atomic E-state index is -1.15. The van der Waals surface area contributed by atoms with Crippen LogP contribution in [0, 0.1) is 5.92 Å². The van der Waals surface area contributed by atoms with Crippen LogP contribution in [0.4, 0.5) is 0 Å². The molecule has 0 atom stereocenters. The normalized spacial score (nSPS) is 16.9. The number of carbonyl (C=O) groups is 2. The van der Waals surface area contributed by atoms with Gasteiger partial charge in [0, 0.05) is 5.92 Å². The molecule has 0 radical (unpaired) electrons. The number of carbonyl (C=O) groups excluding carboxylic acids is 2. The van der Waals surface area contributed by atoms with Crippen molar-refractivity contribution in [2.45, 2.75) is 18.7 Å². The topological polar surface area (TPSA) is 49.7 Å². The predicted octanol–water partition coefficient (Wildman–Crippen LogP) is 1.21. The van der Waals surface area contributed by atoms with Gasteiger partial charge in [0.1, 0.15) is 12.4 Å². The lowest BCUT2D eigenvalue weighted by atomic mass is 10.2. The molecule has 0 fully saturated rings. The molecule has 2 amide bonds. The first-order valence-corrected chi connectivity index (χ1v) is 5.01. The summed E-state index contributed by atoms with van der Waals surface area (Å²) in [6, 6.07) is 0. The molecular weight excluding hydrogens is 227 g/mol. The largest absolute Gasteiger partial charge is 0.288 e. The first-order valence-electron chi connectivity index (χ1n) is 4.14. The van der Waals surface area contributed by atoms with E-state index >= 15 is 0 Å². The van der Waals surface area contributed by atoms with E-state index in [9.17, 15) is 9.59 Å². The molecule has 0 unspecified atom stereocenters. The van der Waals surface area contributed by atoms with E-state index in [1.165, 1.54) is 4.90 Å². The third kappa shape index (κ3) is 2.25. The summed E-state index contributed by atoms with van der Waals surface area (Å²) in [7, 11) is 0. The Labute approximate surface area is 91.9 Å². The highest BCUT2D eigenvalue weighted by molar-refractivity contribution is 6.54. The van der Waals surface area contributed by atoms with Gasteiger partial charge in [0.25, 0.3) is 11.8 Å². The summed E-state index contributed by atoms with van der Waals surface area (Å²) in [5, 5.41) is 0. The number of hydrogen-bond acceptors (Lipinski definition) is 2. The smallest absolute Gasteiger partial charge is 0.267 e. The number of hydrogen-bond donors (Lipinski definition) is 0. The highest BCUT2D eigenvalue weighted by Crippen LogP contribution is 2.15. The number of aliphatic imine (C=N–C) groups is 1. The molecule has 0 aromatic heterocycles. The fraction of sp³-hybridized carbons (Fsp3) is 0.625. The second-order valence-corrected chi connectivity index (χ2v) is 4.34. The molecule has 6 heteroatoms. The van der Waals surface area contributed by atoms with Gasteiger partial charge in [-0.3, -0.25) is 14.5 Å². The predicted molar refractivity (Wildman–Crippen MR) is 54.5 cm³/mol. The maximum absolute atomic E-state index is 11.4. The average molecular weight is 237 g/mol. The summed E-state index contributed by atoms with van der Waals surface area (Å²) in [6.45, 7) is 3.63. The van der Waals surface area contributed by atoms with Crippen molar-refractivity contribution in [3.05, 3.63) is 0 Å². The third-order valence-corrected chi connectivity index (χ3v) is 2.15. The van der Waals surface area contributed by atoms with Gasteiger partial charge >= 0.3 is 0 Å². The van der Waals surface area contributed by atoms with Crippen LogP contribution in [0.15, 0.2) is 4.99 Å². The maximum Gasteiger partial charge on any atom is 0.267 e. The first-order chi connectivity index (χ1) is 6.43. The van der Waals surface area contributed by atoms with Crippen LogP contribution >= 0.6 is 23.2 Å². The van der Waals surface area contributed by atoms with Gasteiger partial charge in [-0.25, -0.2) is 0 Å². The van der Waals surface area contributed by atoms with Crippen molar-refractivity contribution in [2.24, 2.45) is 10.9 Å². The molecule has 0 aromatic carbocycles. The zero-order valence-corrected chi connectivity index (χ0v) is 9.34. The number of halogens is 2. The molecule has 0 aliphatic carbocycles. The molecular formula is C8H10Cl2N2O2. The first kappa shape index (κ1) is 11.5. The zero-order chi connectivity index (χ0) is 10.9. The van der Waals surface area contributed by atoms with E-state index < -0.39 is 10.7 Å². The van der Waals surface area contributed by atoms with Crippen LogP contribution in [0.2, 0.25) is 0 Å². The molecule has 1 rings (SSSR count). The number of alkyl halides is 2. The van der Waals surface area contributed by atoms with Gasteiger partial charge in [-0.05, 0) is 0 Å². The van der Waals surface area contributed by atoms with E-state index in [4.69, 9.17) is 23.2 Å². The summed E-state index contributed by atoms with van der Waals surface area (Å²) < 4.78 is 0. The molecule has 0 saturated carbocycles. The fourth-order valence-corrected chi connectivity index (χ4v) is 1.42. The Morgan fingerprint density at radius 2 is 2.07 bits per heavy atom. The Morgan fingerprint density at radius 3 is 2.50 bits per heavy atom.